The maximum absolute atomic E-state index is 14.1. The normalized spacial score (nSPS) is 22.0. The Morgan fingerprint density at radius 2 is 1.98 bits per heavy atom. The van der Waals surface area contributed by atoms with E-state index in [-0.39, 0.29) is 34.7 Å². The minimum Gasteiger partial charge on any atom is -0.463 e. The van der Waals surface area contributed by atoms with Gasteiger partial charge in [0, 0.05) is 74.1 Å². The van der Waals surface area contributed by atoms with Gasteiger partial charge in [0.05, 0.1) is 29.7 Å². The number of ether oxygens (including phenoxy) is 1. The van der Waals surface area contributed by atoms with Gasteiger partial charge in [-0.2, -0.15) is 5.26 Å². The summed E-state index contributed by atoms with van der Waals surface area (Å²) < 4.78 is 21.4. The number of benzene rings is 2. The van der Waals surface area contributed by atoms with E-state index in [9.17, 15) is 19.2 Å². The molecule has 13 heteroatoms. The lowest BCUT2D eigenvalue weighted by molar-refractivity contribution is -0.139. The Bertz CT molecular complexity index is 1840. The highest BCUT2D eigenvalue weighted by Gasteiger charge is 2.46. The van der Waals surface area contributed by atoms with Crippen molar-refractivity contribution in [2.75, 3.05) is 44.2 Å². The second kappa shape index (κ2) is 12.1. The van der Waals surface area contributed by atoms with Gasteiger partial charge < -0.3 is 19.5 Å². The minimum atomic E-state index is -0.867. The van der Waals surface area contributed by atoms with Crippen LogP contribution in [0.4, 0.5) is 14.9 Å². The molecule has 1 N–H and O–H groups in total. The van der Waals surface area contributed by atoms with E-state index in [1.54, 1.807) is 30.3 Å². The quantitative estimate of drug-likeness (QED) is 0.359. The molecule has 3 aromatic rings. The third kappa shape index (κ3) is 5.64. The molecule has 2 amide bonds. The van der Waals surface area contributed by atoms with Crippen molar-refractivity contribution in [3.8, 4) is 6.07 Å². The van der Waals surface area contributed by atoms with Crippen LogP contribution in [0.2, 0.25) is 5.02 Å². The van der Waals surface area contributed by atoms with Gasteiger partial charge in [0.25, 0.3) is 0 Å². The first-order valence-corrected chi connectivity index (χ1v) is 16.1. The largest absolute Gasteiger partial charge is 0.463 e. The topological polar surface area (TPSA) is 119 Å². The summed E-state index contributed by atoms with van der Waals surface area (Å²) in [5.41, 5.74) is 2.77. The number of amides is 2. The molecule has 3 fully saturated rings. The molecule has 2 aromatic carbocycles. The van der Waals surface area contributed by atoms with Gasteiger partial charge in [0.1, 0.15) is 11.9 Å². The molecule has 47 heavy (non-hydrogen) atoms. The molecule has 1 aromatic heterocycles. The molecule has 0 radical (unpaired) electrons. The molecule has 7 rings (SSSR count). The lowest BCUT2D eigenvalue weighted by atomic mass is 9.95. The Labute approximate surface area is 276 Å². The summed E-state index contributed by atoms with van der Waals surface area (Å²) in [5, 5.41) is 13.1. The molecule has 1 aliphatic carbocycles. The number of hydrogen-bond acceptors (Lipinski definition) is 8. The molecule has 3 aliphatic heterocycles. The van der Waals surface area contributed by atoms with Crippen LogP contribution in [0.1, 0.15) is 42.8 Å². The van der Waals surface area contributed by atoms with Crippen LogP contribution in [0, 0.1) is 17.1 Å². The van der Waals surface area contributed by atoms with E-state index in [4.69, 9.17) is 21.3 Å². The second-order valence-electron chi connectivity index (χ2n) is 12.4. The first-order valence-electron chi connectivity index (χ1n) is 15.7. The molecule has 1 saturated carbocycles. The Morgan fingerprint density at radius 3 is 2.64 bits per heavy atom. The number of piperazine rings is 1. The predicted molar refractivity (Wildman–Crippen MR) is 173 cm³/mol. The second-order valence-corrected chi connectivity index (χ2v) is 12.8. The SMILES string of the molecule is CCOC(=O)C1=C(CN2CCN3C(=O)N(c4ccc(C5(C#N)CC5)cc4)C[C@@H]3C2)NC(c2nccn2C)=NC1c1ccc(F)cc1Cl. The van der Waals surface area contributed by atoms with Gasteiger partial charge in [-0.1, -0.05) is 29.8 Å². The number of nitriles is 1. The van der Waals surface area contributed by atoms with Crippen LogP contribution >= 0.6 is 11.6 Å². The first kappa shape index (κ1) is 30.9. The van der Waals surface area contributed by atoms with Gasteiger partial charge in [-0.3, -0.25) is 14.8 Å². The number of nitrogens with zero attached hydrogens (tertiary/aromatic N) is 7. The fourth-order valence-electron chi connectivity index (χ4n) is 6.73. The fraction of sp³-hybridized carbons (Fsp3) is 0.382. The third-order valence-corrected chi connectivity index (χ3v) is 9.75. The number of aliphatic imine (C=N–C) groups is 1. The van der Waals surface area contributed by atoms with E-state index in [0.29, 0.717) is 55.6 Å². The van der Waals surface area contributed by atoms with E-state index < -0.39 is 17.8 Å². The zero-order chi connectivity index (χ0) is 32.9. The monoisotopic (exact) mass is 656 g/mol. The number of urea groups is 1. The number of aromatic nitrogens is 2. The van der Waals surface area contributed by atoms with E-state index in [1.807, 2.05) is 40.8 Å². The summed E-state index contributed by atoms with van der Waals surface area (Å²) in [5.74, 6) is -0.0361. The highest BCUT2D eigenvalue weighted by molar-refractivity contribution is 6.31. The van der Waals surface area contributed by atoms with Gasteiger partial charge in [-0.05, 0) is 49.6 Å². The van der Waals surface area contributed by atoms with E-state index >= 15 is 0 Å². The average Bonchev–Trinajstić information content (AvgIpc) is 3.64. The number of aryl methyl sites for hydroxylation is 1. The van der Waals surface area contributed by atoms with Gasteiger partial charge in [-0.15, -0.1) is 0 Å². The first-order chi connectivity index (χ1) is 22.7. The molecule has 2 atom stereocenters. The number of hydrogen-bond donors (Lipinski definition) is 1. The Balaban J connectivity index is 1.16. The lowest BCUT2D eigenvalue weighted by Crippen LogP contribution is -2.53. The molecule has 242 valence electrons. The van der Waals surface area contributed by atoms with E-state index in [2.05, 4.69) is 21.3 Å². The van der Waals surface area contributed by atoms with Crippen molar-refractivity contribution < 1.29 is 18.7 Å². The van der Waals surface area contributed by atoms with Crippen LogP contribution in [0.3, 0.4) is 0 Å². The van der Waals surface area contributed by atoms with E-state index in [0.717, 1.165) is 24.1 Å². The number of amidine groups is 1. The van der Waals surface area contributed by atoms with Crippen molar-refractivity contribution in [2.24, 2.45) is 12.0 Å². The zero-order valence-corrected chi connectivity index (χ0v) is 26.9. The summed E-state index contributed by atoms with van der Waals surface area (Å²) in [4.78, 5) is 42.3. The van der Waals surface area contributed by atoms with Gasteiger partial charge >= 0.3 is 12.0 Å². The molecule has 0 spiro atoms. The van der Waals surface area contributed by atoms with Crippen molar-refractivity contribution in [3.05, 3.63) is 93.9 Å². The molecule has 1 unspecified atom stereocenters. The van der Waals surface area contributed by atoms with Gasteiger partial charge in [0.15, 0.2) is 11.7 Å². The number of imidazole rings is 1. The Hall–Kier alpha value is -4.73. The molecule has 11 nitrogen and oxygen atoms in total. The Kier molecular flexibility index (Phi) is 7.98. The van der Waals surface area contributed by atoms with Gasteiger partial charge in [0.2, 0.25) is 0 Å². The van der Waals surface area contributed by atoms with Crippen molar-refractivity contribution in [3.63, 3.8) is 0 Å². The number of carbonyl (C=O) groups excluding carboxylic acids is 2. The average molecular weight is 657 g/mol. The maximum atomic E-state index is 14.1. The minimum absolute atomic E-state index is 0.0405. The number of anilines is 1. The highest BCUT2D eigenvalue weighted by atomic mass is 35.5. The molecule has 4 aliphatic rings. The maximum Gasteiger partial charge on any atom is 0.338 e. The fourth-order valence-corrected chi connectivity index (χ4v) is 7.00. The zero-order valence-electron chi connectivity index (χ0n) is 26.1. The summed E-state index contributed by atoms with van der Waals surface area (Å²) in [6.07, 6.45) is 5.19. The third-order valence-electron chi connectivity index (χ3n) is 9.43. The number of rotatable bonds is 8. The van der Waals surface area contributed by atoms with Crippen molar-refractivity contribution >= 4 is 35.1 Å². The van der Waals surface area contributed by atoms with Crippen LogP contribution in [-0.2, 0) is 22.0 Å². The molecular formula is C34H34ClFN8O3. The standard InChI is InChI=1S/C34H34ClFN8O3/c1-3-47-32(45)28-27(39-30(31-38-12-13-41(31)2)40-29(28)25-9-6-22(36)16-26(25)35)19-42-14-15-43-24(17-42)18-44(33(43)46)23-7-4-21(5-8-23)34(20-37)10-11-34/h4-9,12-13,16,24,29H,3,10-11,14-15,17-19H2,1-2H3,(H,39,40)/t24-,29?/m0/s1. The van der Waals surface area contributed by atoms with E-state index in [1.165, 1.54) is 12.1 Å². The summed E-state index contributed by atoms with van der Waals surface area (Å²) in [6, 6.07) is 13.3. The van der Waals surface area contributed by atoms with Crippen LogP contribution in [-0.4, -0.2) is 82.6 Å². The van der Waals surface area contributed by atoms with Crippen LogP contribution in [0.15, 0.2) is 71.1 Å². The highest BCUT2D eigenvalue weighted by Crippen LogP contribution is 2.48. The smallest absolute Gasteiger partial charge is 0.338 e. The van der Waals surface area contributed by atoms with Crippen molar-refractivity contribution in [1.29, 1.82) is 5.26 Å². The number of halogens is 2. The van der Waals surface area contributed by atoms with Gasteiger partial charge in [-0.25, -0.2) is 19.0 Å². The number of nitrogens with one attached hydrogen (secondary N) is 1. The molecule has 4 heterocycles. The molecular weight excluding hydrogens is 623 g/mol. The van der Waals surface area contributed by atoms with Crippen LogP contribution in [0.5, 0.6) is 0 Å². The number of fused-ring (bicyclic) bond motifs is 1. The lowest BCUT2D eigenvalue weighted by Gasteiger charge is -2.38. The molecule has 0 bridgehead atoms. The summed E-state index contributed by atoms with van der Waals surface area (Å²) in [7, 11) is 1.85. The van der Waals surface area contributed by atoms with Crippen molar-refractivity contribution in [2.45, 2.75) is 37.3 Å². The van der Waals surface area contributed by atoms with Crippen LogP contribution < -0.4 is 10.2 Å². The van der Waals surface area contributed by atoms with Crippen molar-refractivity contribution in [1.82, 2.24) is 24.7 Å². The van der Waals surface area contributed by atoms with Crippen LogP contribution in [0.25, 0.3) is 0 Å². The predicted octanol–water partition coefficient (Wildman–Crippen LogP) is 4.30. The number of esters is 1. The Morgan fingerprint density at radius 1 is 1.19 bits per heavy atom. The summed E-state index contributed by atoms with van der Waals surface area (Å²) in [6.45, 7) is 4.44. The summed E-state index contributed by atoms with van der Waals surface area (Å²) >= 11 is 6.54. The number of carbonyl (C=O) groups is 2. The molecule has 2 saturated heterocycles.